The minimum atomic E-state index is 0.751. The van der Waals surface area contributed by atoms with Gasteiger partial charge in [0.1, 0.15) is 5.75 Å². The predicted molar refractivity (Wildman–Crippen MR) is 53.8 cm³/mol. The minimum absolute atomic E-state index is 0.751. The van der Waals surface area contributed by atoms with E-state index in [1.54, 1.807) is 0 Å². The highest BCUT2D eigenvalue weighted by Gasteiger charge is 2.22. The van der Waals surface area contributed by atoms with Gasteiger partial charge in [-0.1, -0.05) is 6.07 Å². The fourth-order valence-corrected chi connectivity index (χ4v) is 1.29. The number of rotatable bonds is 3. The van der Waals surface area contributed by atoms with Gasteiger partial charge in [0.2, 0.25) is 0 Å². The number of hydrogen-bond acceptors (Lipinski definition) is 2. The summed E-state index contributed by atoms with van der Waals surface area (Å²) in [7, 11) is 0. The smallest absolute Gasteiger partial charge is 0.142 e. The Hall–Kier alpha value is -1.18. The van der Waals surface area contributed by atoms with Crippen LogP contribution in [0.3, 0.4) is 0 Å². The zero-order valence-corrected chi connectivity index (χ0v) is 7.92. The largest absolute Gasteiger partial charge is 0.491 e. The summed E-state index contributed by atoms with van der Waals surface area (Å²) in [6.45, 7) is 2.86. The van der Waals surface area contributed by atoms with Gasteiger partial charge in [-0.25, -0.2) is 0 Å². The molecule has 0 atom stereocenters. The summed E-state index contributed by atoms with van der Waals surface area (Å²) in [5.74, 6) is 1.61. The molecule has 0 aliphatic heterocycles. The fraction of sp³-hybridized carbons (Fsp3) is 0.455. The summed E-state index contributed by atoms with van der Waals surface area (Å²) >= 11 is 0. The second kappa shape index (κ2) is 3.29. The van der Waals surface area contributed by atoms with Gasteiger partial charge in [0.15, 0.2) is 0 Å². The molecule has 0 amide bonds. The number of hydrogen-bond donors (Lipinski definition) is 1. The second-order valence-electron chi connectivity index (χ2n) is 3.80. The van der Waals surface area contributed by atoms with Crippen LogP contribution in [-0.2, 0) is 0 Å². The molecule has 0 saturated heterocycles. The number of nitrogen functional groups attached to an aromatic ring is 1. The molecule has 0 bridgehead atoms. The predicted octanol–water partition coefficient (Wildman–Crippen LogP) is 2.37. The van der Waals surface area contributed by atoms with Crippen LogP contribution in [0.4, 0.5) is 5.69 Å². The van der Waals surface area contributed by atoms with Crippen LogP contribution in [0.5, 0.6) is 5.75 Å². The van der Waals surface area contributed by atoms with Crippen LogP contribution in [-0.4, -0.2) is 6.61 Å². The minimum Gasteiger partial charge on any atom is -0.491 e. The lowest BCUT2D eigenvalue weighted by molar-refractivity contribution is 0.301. The van der Waals surface area contributed by atoms with E-state index in [0.717, 1.165) is 24.0 Å². The molecule has 2 rings (SSSR count). The molecule has 0 aromatic heterocycles. The molecule has 1 aromatic rings. The molecule has 1 saturated carbocycles. The first-order chi connectivity index (χ1) is 6.25. The molecule has 70 valence electrons. The lowest BCUT2D eigenvalue weighted by atomic mass is 10.2. The topological polar surface area (TPSA) is 35.2 Å². The van der Waals surface area contributed by atoms with Crippen LogP contribution in [0.25, 0.3) is 0 Å². The molecule has 0 heterocycles. The normalized spacial score (nSPS) is 15.8. The van der Waals surface area contributed by atoms with Crippen LogP contribution in [0.15, 0.2) is 18.2 Å². The van der Waals surface area contributed by atoms with Gasteiger partial charge in [-0.15, -0.1) is 0 Å². The van der Waals surface area contributed by atoms with Gasteiger partial charge in [-0.2, -0.15) is 0 Å². The van der Waals surface area contributed by atoms with Crippen molar-refractivity contribution in [3.05, 3.63) is 23.8 Å². The molecule has 0 unspecified atom stereocenters. The molecule has 2 nitrogen and oxygen atoms in total. The first-order valence-corrected chi connectivity index (χ1v) is 4.74. The van der Waals surface area contributed by atoms with Crippen molar-refractivity contribution in [2.24, 2.45) is 5.92 Å². The summed E-state index contributed by atoms with van der Waals surface area (Å²) < 4.78 is 5.59. The van der Waals surface area contributed by atoms with Crippen molar-refractivity contribution < 1.29 is 4.74 Å². The number of benzene rings is 1. The zero-order valence-electron chi connectivity index (χ0n) is 7.92. The van der Waals surface area contributed by atoms with Crippen molar-refractivity contribution in [2.75, 3.05) is 12.3 Å². The summed E-state index contributed by atoms with van der Waals surface area (Å²) in [4.78, 5) is 0. The van der Waals surface area contributed by atoms with E-state index in [9.17, 15) is 0 Å². The molecule has 0 spiro atoms. The number of anilines is 1. The van der Waals surface area contributed by atoms with Crippen molar-refractivity contribution in [3.63, 3.8) is 0 Å². The first kappa shape index (κ1) is 8.42. The average molecular weight is 177 g/mol. The number of nitrogens with two attached hydrogens (primary N) is 1. The molecule has 1 fully saturated rings. The maximum Gasteiger partial charge on any atom is 0.142 e. The van der Waals surface area contributed by atoms with Crippen LogP contribution in [0.1, 0.15) is 18.4 Å². The Bertz CT molecular complexity index is 305. The van der Waals surface area contributed by atoms with Crippen molar-refractivity contribution in [3.8, 4) is 5.75 Å². The second-order valence-corrected chi connectivity index (χ2v) is 3.80. The van der Waals surface area contributed by atoms with E-state index in [4.69, 9.17) is 10.5 Å². The van der Waals surface area contributed by atoms with Gasteiger partial charge < -0.3 is 10.5 Å². The molecule has 0 radical (unpaired) electrons. The maximum atomic E-state index is 5.80. The molecule has 2 heteroatoms. The van der Waals surface area contributed by atoms with E-state index in [0.29, 0.717) is 0 Å². The molecular weight excluding hydrogens is 162 g/mol. The van der Waals surface area contributed by atoms with Crippen molar-refractivity contribution in [1.29, 1.82) is 0 Å². The summed E-state index contributed by atoms with van der Waals surface area (Å²) in [5, 5.41) is 0. The van der Waals surface area contributed by atoms with Crippen LogP contribution in [0, 0.1) is 12.8 Å². The van der Waals surface area contributed by atoms with Crippen LogP contribution >= 0.6 is 0 Å². The molecule has 13 heavy (non-hydrogen) atoms. The standard InChI is InChI=1S/C11H15NO/c1-8-2-5-11(10(12)6-8)13-7-9-3-4-9/h2,5-6,9H,3-4,7,12H2,1H3. The van der Waals surface area contributed by atoms with Crippen LogP contribution in [0.2, 0.25) is 0 Å². The molecular formula is C11H15NO. The van der Waals surface area contributed by atoms with Crippen molar-refractivity contribution in [2.45, 2.75) is 19.8 Å². The van der Waals surface area contributed by atoms with E-state index >= 15 is 0 Å². The van der Waals surface area contributed by atoms with Gasteiger partial charge in [-0.05, 0) is 43.4 Å². The number of ether oxygens (including phenoxy) is 1. The Morgan fingerprint density at radius 2 is 2.23 bits per heavy atom. The monoisotopic (exact) mass is 177 g/mol. The molecule has 1 aliphatic rings. The summed E-state index contributed by atoms with van der Waals surface area (Å²) in [5.41, 5.74) is 7.73. The summed E-state index contributed by atoms with van der Waals surface area (Å²) in [6.07, 6.45) is 2.62. The Kier molecular flexibility index (Phi) is 2.13. The Morgan fingerprint density at radius 3 is 2.85 bits per heavy atom. The van der Waals surface area contributed by atoms with E-state index in [2.05, 4.69) is 0 Å². The third kappa shape index (κ3) is 2.14. The van der Waals surface area contributed by atoms with Crippen molar-refractivity contribution >= 4 is 5.69 Å². The van der Waals surface area contributed by atoms with Gasteiger partial charge in [0.25, 0.3) is 0 Å². The van der Waals surface area contributed by atoms with Gasteiger partial charge in [-0.3, -0.25) is 0 Å². The van der Waals surface area contributed by atoms with Crippen LogP contribution < -0.4 is 10.5 Å². The molecule has 1 aromatic carbocycles. The lowest BCUT2D eigenvalue weighted by Crippen LogP contribution is -2.01. The third-order valence-electron chi connectivity index (χ3n) is 2.34. The summed E-state index contributed by atoms with van der Waals surface area (Å²) in [6, 6.07) is 5.92. The average Bonchev–Trinajstić information content (AvgIpc) is 2.86. The number of aryl methyl sites for hydroxylation is 1. The highest BCUT2D eigenvalue weighted by molar-refractivity contribution is 5.53. The van der Waals surface area contributed by atoms with E-state index in [1.165, 1.54) is 18.4 Å². The van der Waals surface area contributed by atoms with Gasteiger partial charge in [0, 0.05) is 0 Å². The Labute approximate surface area is 78.7 Å². The third-order valence-corrected chi connectivity index (χ3v) is 2.34. The molecule has 1 aliphatic carbocycles. The van der Waals surface area contributed by atoms with E-state index < -0.39 is 0 Å². The first-order valence-electron chi connectivity index (χ1n) is 4.74. The Morgan fingerprint density at radius 1 is 1.46 bits per heavy atom. The fourth-order valence-electron chi connectivity index (χ4n) is 1.29. The zero-order chi connectivity index (χ0) is 9.26. The van der Waals surface area contributed by atoms with Gasteiger partial charge in [0.05, 0.1) is 12.3 Å². The SMILES string of the molecule is Cc1ccc(OCC2CC2)c(N)c1. The Balaban J connectivity index is 2.01. The lowest BCUT2D eigenvalue weighted by Gasteiger charge is -2.08. The van der Waals surface area contributed by atoms with E-state index in [-0.39, 0.29) is 0 Å². The van der Waals surface area contributed by atoms with Gasteiger partial charge >= 0.3 is 0 Å². The quantitative estimate of drug-likeness (QED) is 0.719. The van der Waals surface area contributed by atoms with E-state index in [1.807, 2.05) is 25.1 Å². The highest BCUT2D eigenvalue weighted by Crippen LogP contribution is 2.31. The van der Waals surface area contributed by atoms with Crippen molar-refractivity contribution in [1.82, 2.24) is 0 Å². The molecule has 2 N–H and O–H groups in total. The highest BCUT2D eigenvalue weighted by atomic mass is 16.5. The maximum absolute atomic E-state index is 5.80.